The number of hydrogen-bond acceptors (Lipinski definition) is 5. The summed E-state index contributed by atoms with van der Waals surface area (Å²) in [6.07, 6.45) is 0. The number of piperazine rings is 1. The summed E-state index contributed by atoms with van der Waals surface area (Å²) in [5, 5.41) is 9.19. The van der Waals surface area contributed by atoms with Crippen LogP contribution in [-0.4, -0.2) is 52.2 Å². The molecule has 2 atom stereocenters. The van der Waals surface area contributed by atoms with E-state index in [0.29, 0.717) is 24.5 Å². The van der Waals surface area contributed by atoms with Crippen molar-refractivity contribution in [1.29, 1.82) is 0 Å². The lowest BCUT2D eigenvalue weighted by Gasteiger charge is -2.45. The Labute approximate surface area is 175 Å². The number of aryl methyl sites for hydroxylation is 1. The molecule has 1 aliphatic heterocycles. The molecule has 2 aromatic rings. The van der Waals surface area contributed by atoms with Crippen LogP contribution in [0.2, 0.25) is 0 Å². The van der Waals surface area contributed by atoms with Crippen molar-refractivity contribution >= 4 is 11.9 Å². The Hall–Kier alpha value is -3.15. The number of carboxylic acids is 1. The van der Waals surface area contributed by atoms with Gasteiger partial charge in [-0.25, -0.2) is 14.0 Å². The number of halogens is 1. The zero-order valence-electron chi connectivity index (χ0n) is 17.3. The lowest BCUT2D eigenvalue weighted by atomic mass is 10.0. The molecule has 7 heteroatoms. The molecule has 0 unspecified atom stereocenters. The van der Waals surface area contributed by atoms with Crippen molar-refractivity contribution in [3.63, 3.8) is 0 Å². The SMILES string of the molecule is Cc1ccc(C(=O)O)cc1OCN1C[C@@H](C)N(Cc2ccc(F)cc2)C(=C=O)[C@@H]1C. The minimum atomic E-state index is -1.01. The van der Waals surface area contributed by atoms with Crippen molar-refractivity contribution < 1.29 is 23.8 Å². The molecule has 0 bridgehead atoms. The van der Waals surface area contributed by atoms with E-state index in [1.165, 1.54) is 24.3 Å². The van der Waals surface area contributed by atoms with Gasteiger partial charge in [-0.05, 0) is 56.2 Å². The third-order valence-electron chi connectivity index (χ3n) is 5.48. The van der Waals surface area contributed by atoms with Gasteiger partial charge in [0.05, 0.1) is 11.6 Å². The van der Waals surface area contributed by atoms with Crippen LogP contribution in [-0.2, 0) is 11.3 Å². The maximum Gasteiger partial charge on any atom is 0.335 e. The molecule has 3 rings (SSSR count). The molecule has 0 amide bonds. The third-order valence-corrected chi connectivity index (χ3v) is 5.48. The Kier molecular flexibility index (Phi) is 6.55. The van der Waals surface area contributed by atoms with Crippen LogP contribution >= 0.6 is 0 Å². The van der Waals surface area contributed by atoms with E-state index in [1.807, 2.05) is 30.6 Å². The second-order valence-electron chi connectivity index (χ2n) is 7.60. The van der Waals surface area contributed by atoms with E-state index < -0.39 is 5.97 Å². The number of ether oxygens (including phenoxy) is 1. The number of aromatic carboxylic acids is 1. The first-order valence-corrected chi connectivity index (χ1v) is 9.77. The fourth-order valence-electron chi connectivity index (χ4n) is 3.62. The number of nitrogens with zero attached hydrogens (tertiary/aromatic N) is 2. The second kappa shape index (κ2) is 9.11. The second-order valence-corrected chi connectivity index (χ2v) is 7.60. The Morgan fingerprint density at radius 2 is 1.93 bits per heavy atom. The lowest BCUT2D eigenvalue weighted by Crippen LogP contribution is -2.55. The summed E-state index contributed by atoms with van der Waals surface area (Å²) in [6, 6.07) is 10.8. The molecule has 2 aromatic carbocycles. The zero-order valence-corrected chi connectivity index (χ0v) is 17.3. The van der Waals surface area contributed by atoms with Crippen molar-refractivity contribution in [3.8, 4) is 5.75 Å². The summed E-state index contributed by atoms with van der Waals surface area (Å²) in [4.78, 5) is 27.0. The lowest BCUT2D eigenvalue weighted by molar-refractivity contribution is 0.0282. The first-order valence-electron chi connectivity index (χ1n) is 9.77. The molecule has 0 spiro atoms. The molecular formula is C23H25FN2O4. The quantitative estimate of drug-likeness (QED) is 0.733. The van der Waals surface area contributed by atoms with Crippen molar-refractivity contribution in [2.45, 2.75) is 39.4 Å². The maximum absolute atomic E-state index is 13.2. The van der Waals surface area contributed by atoms with Gasteiger partial charge in [0.15, 0.2) is 0 Å². The highest BCUT2D eigenvalue weighted by atomic mass is 19.1. The molecule has 158 valence electrons. The number of hydrogen-bond donors (Lipinski definition) is 1. The summed E-state index contributed by atoms with van der Waals surface area (Å²) in [7, 11) is 0. The van der Waals surface area contributed by atoms with Crippen molar-refractivity contribution in [3.05, 3.63) is 70.7 Å². The predicted molar refractivity (Wildman–Crippen MR) is 110 cm³/mol. The summed E-state index contributed by atoms with van der Waals surface area (Å²) in [5.41, 5.74) is 2.42. The van der Waals surface area contributed by atoms with Gasteiger partial charge in [0.2, 0.25) is 0 Å². The summed E-state index contributed by atoms with van der Waals surface area (Å²) >= 11 is 0. The zero-order chi connectivity index (χ0) is 21.8. The Bertz CT molecular complexity index is 970. The largest absolute Gasteiger partial charge is 0.478 e. The molecule has 0 saturated carbocycles. The number of benzene rings is 2. The van der Waals surface area contributed by atoms with Gasteiger partial charge >= 0.3 is 5.97 Å². The van der Waals surface area contributed by atoms with E-state index in [-0.39, 0.29) is 30.2 Å². The summed E-state index contributed by atoms with van der Waals surface area (Å²) in [5.74, 6) is 1.27. The van der Waals surface area contributed by atoms with Gasteiger partial charge < -0.3 is 14.7 Å². The molecule has 1 N–H and O–H groups in total. The highest BCUT2D eigenvalue weighted by Gasteiger charge is 2.34. The Morgan fingerprint density at radius 3 is 2.57 bits per heavy atom. The molecule has 0 radical (unpaired) electrons. The molecule has 6 nitrogen and oxygen atoms in total. The first kappa shape index (κ1) is 21.6. The van der Waals surface area contributed by atoms with Crippen molar-refractivity contribution in [2.75, 3.05) is 13.3 Å². The number of carbonyl (C=O) groups excluding carboxylic acids is 1. The predicted octanol–water partition coefficient (Wildman–Crippen LogP) is 3.48. The molecule has 1 aliphatic rings. The van der Waals surface area contributed by atoms with Gasteiger partial charge in [0, 0.05) is 19.1 Å². The van der Waals surface area contributed by atoms with Crippen LogP contribution in [0.3, 0.4) is 0 Å². The van der Waals surface area contributed by atoms with Crippen LogP contribution in [0.25, 0.3) is 0 Å². The van der Waals surface area contributed by atoms with Crippen LogP contribution in [0, 0.1) is 12.7 Å². The van der Waals surface area contributed by atoms with Crippen LogP contribution in [0.15, 0.2) is 48.2 Å². The van der Waals surface area contributed by atoms with Gasteiger partial charge in [0.1, 0.15) is 29.9 Å². The molecule has 0 aliphatic carbocycles. The van der Waals surface area contributed by atoms with Gasteiger partial charge in [0.25, 0.3) is 0 Å². The molecular weight excluding hydrogens is 387 g/mol. The highest BCUT2D eigenvalue weighted by molar-refractivity contribution is 5.88. The Morgan fingerprint density at radius 1 is 1.23 bits per heavy atom. The standard InChI is InChI=1S/C23H25FN2O4/c1-15-4-7-19(23(28)29)10-22(15)30-14-25-11-16(2)26(21(13-27)17(25)3)12-18-5-8-20(24)9-6-18/h4-10,16-17H,11-12,14H2,1-3H3,(H,28,29)/t16-,17+/m1/s1. The van der Waals surface area contributed by atoms with Crippen LogP contribution < -0.4 is 4.74 Å². The fraction of sp³-hybridized carbons (Fsp3) is 0.348. The average molecular weight is 412 g/mol. The van der Waals surface area contributed by atoms with E-state index in [0.717, 1.165) is 11.1 Å². The van der Waals surface area contributed by atoms with Gasteiger partial charge in [-0.2, -0.15) is 0 Å². The van der Waals surface area contributed by atoms with E-state index in [2.05, 4.69) is 5.94 Å². The van der Waals surface area contributed by atoms with Crippen molar-refractivity contribution in [1.82, 2.24) is 9.80 Å². The molecule has 0 aromatic heterocycles. The number of carboxylic acid groups (broad SMARTS) is 1. The summed E-state index contributed by atoms with van der Waals surface area (Å²) in [6.45, 7) is 7.12. The topological polar surface area (TPSA) is 70.1 Å². The van der Waals surface area contributed by atoms with E-state index >= 15 is 0 Å². The molecule has 1 saturated heterocycles. The van der Waals surface area contributed by atoms with Crippen LogP contribution in [0.4, 0.5) is 4.39 Å². The van der Waals surface area contributed by atoms with E-state index in [9.17, 15) is 19.1 Å². The monoisotopic (exact) mass is 412 g/mol. The normalized spacial score (nSPS) is 19.5. The van der Waals surface area contributed by atoms with E-state index in [1.54, 1.807) is 18.2 Å². The minimum Gasteiger partial charge on any atom is -0.478 e. The van der Waals surface area contributed by atoms with Crippen LogP contribution in [0.5, 0.6) is 5.75 Å². The van der Waals surface area contributed by atoms with Gasteiger partial charge in [-0.3, -0.25) is 4.90 Å². The van der Waals surface area contributed by atoms with Gasteiger partial charge in [-0.15, -0.1) is 0 Å². The third kappa shape index (κ3) is 4.70. The van der Waals surface area contributed by atoms with E-state index in [4.69, 9.17) is 4.74 Å². The molecule has 30 heavy (non-hydrogen) atoms. The van der Waals surface area contributed by atoms with Gasteiger partial charge in [-0.1, -0.05) is 18.2 Å². The Balaban J connectivity index is 1.72. The maximum atomic E-state index is 13.2. The first-order chi connectivity index (χ1) is 14.3. The number of carbonyl (C=O) groups is 1. The minimum absolute atomic E-state index is 0.0118. The molecule has 1 fully saturated rings. The molecule has 1 heterocycles. The smallest absolute Gasteiger partial charge is 0.335 e. The van der Waals surface area contributed by atoms with Crippen molar-refractivity contribution in [2.24, 2.45) is 0 Å². The fourth-order valence-corrected chi connectivity index (χ4v) is 3.62. The summed E-state index contributed by atoms with van der Waals surface area (Å²) < 4.78 is 19.1. The number of rotatable bonds is 6. The highest BCUT2D eigenvalue weighted by Crippen LogP contribution is 2.27. The average Bonchev–Trinajstić information content (AvgIpc) is 2.72. The van der Waals surface area contributed by atoms with Crippen LogP contribution in [0.1, 0.15) is 35.3 Å².